The van der Waals surface area contributed by atoms with E-state index in [9.17, 15) is 0 Å². The van der Waals surface area contributed by atoms with Crippen LogP contribution in [0, 0.1) is 11.8 Å². The average molecular weight is 128 g/mol. The van der Waals surface area contributed by atoms with Crippen molar-refractivity contribution in [2.24, 2.45) is 11.8 Å². The van der Waals surface area contributed by atoms with Gasteiger partial charge in [0.1, 0.15) is 0 Å². The van der Waals surface area contributed by atoms with Crippen LogP contribution in [-0.2, 0) is 4.74 Å². The Morgan fingerprint density at radius 3 is 2.56 bits per heavy atom. The second-order valence-electron chi connectivity index (χ2n) is 2.97. The quantitative estimate of drug-likeness (QED) is 0.565. The molecule has 1 nitrogen and oxygen atoms in total. The molecule has 0 aromatic carbocycles. The van der Waals surface area contributed by atoms with Gasteiger partial charge in [0.05, 0.1) is 0 Å². The predicted octanol–water partition coefficient (Wildman–Crippen LogP) is 2.07. The van der Waals surface area contributed by atoms with Gasteiger partial charge in [0, 0.05) is 13.2 Å². The monoisotopic (exact) mass is 128 g/mol. The SMILES string of the molecule is CCOCC1CCC1C. The molecule has 54 valence electrons. The van der Waals surface area contributed by atoms with Gasteiger partial charge >= 0.3 is 0 Å². The molecule has 0 bridgehead atoms. The van der Waals surface area contributed by atoms with Gasteiger partial charge in [-0.05, 0) is 25.2 Å². The molecule has 1 aliphatic carbocycles. The number of rotatable bonds is 3. The lowest BCUT2D eigenvalue weighted by atomic mass is 9.76. The lowest BCUT2D eigenvalue weighted by molar-refractivity contribution is 0.0448. The highest BCUT2D eigenvalue weighted by molar-refractivity contribution is 4.76. The van der Waals surface area contributed by atoms with E-state index in [0.717, 1.165) is 25.0 Å². The molecule has 0 radical (unpaired) electrons. The Morgan fingerprint density at radius 2 is 2.22 bits per heavy atom. The summed E-state index contributed by atoms with van der Waals surface area (Å²) in [4.78, 5) is 0. The molecule has 0 aromatic heterocycles. The molecular weight excluding hydrogens is 112 g/mol. The summed E-state index contributed by atoms with van der Waals surface area (Å²) >= 11 is 0. The molecule has 9 heavy (non-hydrogen) atoms. The van der Waals surface area contributed by atoms with Gasteiger partial charge in [-0.15, -0.1) is 0 Å². The third-order valence-electron chi connectivity index (χ3n) is 2.33. The zero-order valence-corrected chi connectivity index (χ0v) is 6.39. The van der Waals surface area contributed by atoms with E-state index in [-0.39, 0.29) is 0 Å². The van der Waals surface area contributed by atoms with Crippen molar-refractivity contribution >= 4 is 0 Å². The van der Waals surface area contributed by atoms with Gasteiger partial charge < -0.3 is 4.74 Å². The summed E-state index contributed by atoms with van der Waals surface area (Å²) in [5.41, 5.74) is 0. The van der Waals surface area contributed by atoms with Crippen molar-refractivity contribution in [1.29, 1.82) is 0 Å². The van der Waals surface area contributed by atoms with E-state index in [1.165, 1.54) is 12.8 Å². The van der Waals surface area contributed by atoms with Crippen molar-refractivity contribution in [2.45, 2.75) is 26.7 Å². The van der Waals surface area contributed by atoms with Crippen LogP contribution in [0.5, 0.6) is 0 Å². The molecule has 1 saturated carbocycles. The second kappa shape index (κ2) is 3.21. The molecule has 0 heterocycles. The highest BCUT2D eigenvalue weighted by Gasteiger charge is 2.26. The van der Waals surface area contributed by atoms with Crippen molar-refractivity contribution in [2.75, 3.05) is 13.2 Å². The van der Waals surface area contributed by atoms with Crippen LogP contribution >= 0.6 is 0 Å². The van der Waals surface area contributed by atoms with E-state index in [4.69, 9.17) is 4.74 Å². The largest absolute Gasteiger partial charge is 0.381 e. The van der Waals surface area contributed by atoms with Crippen LogP contribution in [-0.4, -0.2) is 13.2 Å². The van der Waals surface area contributed by atoms with Gasteiger partial charge in [0.25, 0.3) is 0 Å². The highest BCUT2D eigenvalue weighted by atomic mass is 16.5. The predicted molar refractivity (Wildman–Crippen MR) is 38.4 cm³/mol. The van der Waals surface area contributed by atoms with Gasteiger partial charge in [-0.1, -0.05) is 13.3 Å². The summed E-state index contributed by atoms with van der Waals surface area (Å²) in [5.74, 6) is 1.81. The Morgan fingerprint density at radius 1 is 1.44 bits per heavy atom. The van der Waals surface area contributed by atoms with E-state index in [2.05, 4.69) is 13.8 Å². The topological polar surface area (TPSA) is 9.23 Å². The number of hydrogen-bond donors (Lipinski definition) is 0. The molecule has 2 unspecified atom stereocenters. The molecule has 1 aliphatic rings. The van der Waals surface area contributed by atoms with E-state index >= 15 is 0 Å². The third kappa shape index (κ3) is 1.68. The van der Waals surface area contributed by atoms with Crippen LogP contribution in [0.2, 0.25) is 0 Å². The van der Waals surface area contributed by atoms with Gasteiger partial charge in [-0.2, -0.15) is 0 Å². The minimum absolute atomic E-state index is 0.878. The fraction of sp³-hybridized carbons (Fsp3) is 1.00. The van der Waals surface area contributed by atoms with Crippen LogP contribution in [0.25, 0.3) is 0 Å². The first-order valence-electron chi connectivity index (χ1n) is 3.92. The molecule has 0 aliphatic heterocycles. The van der Waals surface area contributed by atoms with Crippen LogP contribution < -0.4 is 0 Å². The molecular formula is C8H16O. The summed E-state index contributed by atoms with van der Waals surface area (Å²) in [6.07, 6.45) is 2.80. The van der Waals surface area contributed by atoms with Gasteiger partial charge in [-0.25, -0.2) is 0 Å². The maximum Gasteiger partial charge on any atom is 0.0496 e. The Bertz CT molecular complexity index is 80.6. The fourth-order valence-electron chi connectivity index (χ4n) is 1.25. The highest BCUT2D eigenvalue weighted by Crippen LogP contribution is 2.33. The third-order valence-corrected chi connectivity index (χ3v) is 2.33. The van der Waals surface area contributed by atoms with Crippen LogP contribution in [0.15, 0.2) is 0 Å². The molecule has 0 spiro atoms. The molecule has 2 atom stereocenters. The fourth-order valence-corrected chi connectivity index (χ4v) is 1.25. The van der Waals surface area contributed by atoms with Crippen LogP contribution in [0.3, 0.4) is 0 Å². The molecule has 0 aromatic rings. The normalized spacial score (nSPS) is 34.0. The van der Waals surface area contributed by atoms with E-state index in [0.29, 0.717) is 0 Å². The molecule has 1 heteroatoms. The molecule has 1 rings (SSSR count). The molecule has 0 saturated heterocycles. The summed E-state index contributed by atoms with van der Waals surface area (Å²) in [6.45, 7) is 6.25. The van der Waals surface area contributed by atoms with E-state index < -0.39 is 0 Å². The van der Waals surface area contributed by atoms with E-state index in [1.807, 2.05) is 0 Å². The zero-order chi connectivity index (χ0) is 6.69. The standard InChI is InChI=1S/C8H16O/c1-3-9-6-8-5-4-7(8)2/h7-8H,3-6H2,1-2H3. The minimum Gasteiger partial charge on any atom is -0.381 e. The molecule has 0 amide bonds. The maximum absolute atomic E-state index is 5.31. The lowest BCUT2D eigenvalue weighted by Crippen LogP contribution is -2.27. The summed E-state index contributed by atoms with van der Waals surface area (Å²) < 4.78 is 5.31. The van der Waals surface area contributed by atoms with Gasteiger partial charge in [0.2, 0.25) is 0 Å². The second-order valence-corrected chi connectivity index (χ2v) is 2.97. The summed E-state index contributed by atoms with van der Waals surface area (Å²) in [7, 11) is 0. The zero-order valence-electron chi connectivity index (χ0n) is 6.39. The first kappa shape index (κ1) is 7.07. The van der Waals surface area contributed by atoms with Gasteiger partial charge in [-0.3, -0.25) is 0 Å². The summed E-state index contributed by atoms with van der Waals surface area (Å²) in [6, 6.07) is 0. The Kier molecular flexibility index (Phi) is 2.52. The van der Waals surface area contributed by atoms with Gasteiger partial charge in [0.15, 0.2) is 0 Å². The van der Waals surface area contributed by atoms with Crippen molar-refractivity contribution in [3.05, 3.63) is 0 Å². The van der Waals surface area contributed by atoms with Crippen molar-refractivity contribution < 1.29 is 4.74 Å². The van der Waals surface area contributed by atoms with Crippen LogP contribution in [0.4, 0.5) is 0 Å². The first-order valence-corrected chi connectivity index (χ1v) is 3.92. The van der Waals surface area contributed by atoms with Crippen molar-refractivity contribution in [3.8, 4) is 0 Å². The number of ether oxygens (including phenoxy) is 1. The maximum atomic E-state index is 5.31. The molecule has 1 fully saturated rings. The smallest absolute Gasteiger partial charge is 0.0496 e. The Hall–Kier alpha value is -0.0400. The first-order chi connectivity index (χ1) is 4.34. The molecule has 0 N–H and O–H groups in total. The van der Waals surface area contributed by atoms with Crippen LogP contribution in [0.1, 0.15) is 26.7 Å². The van der Waals surface area contributed by atoms with Crippen molar-refractivity contribution in [3.63, 3.8) is 0 Å². The number of hydrogen-bond acceptors (Lipinski definition) is 1. The summed E-state index contributed by atoms with van der Waals surface area (Å²) in [5, 5.41) is 0. The Balaban J connectivity index is 1.99. The van der Waals surface area contributed by atoms with E-state index in [1.54, 1.807) is 0 Å². The average Bonchev–Trinajstić information content (AvgIpc) is 1.86. The van der Waals surface area contributed by atoms with Crippen molar-refractivity contribution in [1.82, 2.24) is 0 Å². The Labute approximate surface area is 57.4 Å². The minimum atomic E-state index is 0.878. The lowest BCUT2D eigenvalue weighted by Gasteiger charge is -2.33.